The van der Waals surface area contributed by atoms with E-state index in [1.54, 1.807) is 25.3 Å². The number of benzene rings is 1. The van der Waals surface area contributed by atoms with Crippen molar-refractivity contribution in [2.24, 2.45) is 0 Å². The Morgan fingerprint density at radius 3 is 2.56 bits per heavy atom. The van der Waals surface area contributed by atoms with Crippen molar-refractivity contribution in [1.82, 2.24) is 0 Å². The highest BCUT2D eigenvalue weighted by atomic mass is 16.5. The maximum Gasteiger partial charge on any atom is 0.346 e. The maximum absolute atomic E-state index is 10.6. The molecule has 0 spiro atoms. The monoisotopic (exact) mass is 217 g/mol. The molecule has 0 amide bonds. The average molecular weight is 217 g/mol. The SMILES string of the molecule is COCc1ccc(/C=C(/C#N)C(=O)O)cc1. The van der Waals surface area contributed by atoms with Crippen LogP contribution in [0.5, 0.6) is 0 Å². The Labute approximate surface area is 93.4 Å². The first-order chi connectivity index (χ1) is 7.67. The Morgan fingerprint density at radius 2 is 2.12 bits per heavy atom. The third kappa shape index (κ3) is 3.23. The van der Waals surface area contributed by atoms with Crippen molar-refractivity contribution in [3.63, 3.8) is 0 Å². The van der Waals surface area contributed by atoms with E-state index in [9.17, 15) is 4.79 Å². The van der Waals surface area contributed by atoms with Crippen molar-refractivity contribution < 1.29 is 14.6 Å². The highest BCUT2D eigenvalue weighted by Gasteiger charge is 2.05. The molecule has 0 atom stereocenters. The molecule has 1 aromatic rings. The van der Waals surface area contributed by atoms with Gasteiger partial charge in [-0.15, -0.1) is 0 Å². The van der Waals surface area contributed by atoms with Crippen LogP contribution in [-0.2, 0) is 16.1 Å². The first-order valence-electron chi connectivity index (χ1n) is 4.60. The molecule has 1 aromatic carbocycles. The van der Waals surface area contributed by atoms with Gasteiger partial charge in [0.25, 0.3) is 0 Å². The Kier molecular flexibility index (Phi) is 4.25. The van der Waals surface area contributed by atoms with E-state index < -0.39 is 5.97 Å². The summed E-state index contributed by atoms with van der Waals surface area (Å²) in [4.78, 5) is 10.6. The molecule has 0 saturated heterocycles. The first kappa shape index (κ1) is 12.0. The molecule has 16 heavy (non-hydrogen) atoms. The van der Waals surface area contributed by atoms with Gasteiger partial charge in [-0.25, -0.2) is 4.79 Å². The summed E-state index contributed by atoms with van der Waals surface area (Å²) >= 11 is 0. The van der Waals surface area contributed by atoms with Gasteiger partial charge in [0.2, 0.25) is 0 Å². The smallest absolute Gasteiger partial charge is 0.346 e. The van der Waals surface area contributed by atoms with E-state index in [1.165, 1.54) is 6.08 Å². The molecule has 1 N–H and O–H groups in total. The van der Waals surface area contributed by atoms with Crippen molar-refractivity contribution >= 4 is 12.0 Å². The number of rotatable bonds is 4. The number of methoxy groups -OCH3 is 1. The molecule has 1 rings (SSSR count). The molecular weight excluding hydrogens is 206 g/mol. The molecule has 0 bridgehead atoms. The number of hydrogen-bond acceptors (Lipinski definition) is 3. The summed E-state index contributed by atoms with van der Waals surface area (Å²) in [5.41, 5.74) is 1.40. The van der Waals surface area contributed by atoms with Gasteiger partial charge in [0, 0.05) is 7.11 Å². The van der Waals surface area contributed by atoms with Gasteiger partial charge in [0.15, 0.2) is 0 Å². The molecule has 0 radical (unpaired) electrons. The summed E-state index contributed by atoms with van der Waals surface area (Å²) in [6.45, 7) is 0.508. The number of carboxylic acid groups (broad SMARTS) is 1. The van der Waals surface area contributed by atoms with Crippen LogP contribution in [0.25, 0.3) is 6.08 Å². The highest BCUT2D eigenvalue weighted by Crippen LogP contribution is 2.09. The van der Waals surface area contributed by atoms with Gasteiger partial charge in [-0.1, -0.05) is 24.3 Å². The van der Waals surface area contributed by atoms with E-state index in [0.29, 0.717) is 12.2 Å². The fourth-order valence-corrected chi connectivity index (χ4v) is 1.19. The molecular formula is C12H11NO3. The summed E-state index contributed by atoms with van der Waals surface area (Å²) < 4.78 is 4.95. The molecule has 0 saturated carbocycles. The Hall–Kier alpha value is -2.12. The third-order valence-electron chi connectivity index (χ3n) is 1.95. The summed E-state index contributed by atoms with van der Waals surface area (Å²) in [6.07, 6.45) is 1.33. The molecule has 0 aliphatic heterocycles. The highest BCUT2D eigenvalue weighted by molar-refractivity contribution is 5.96. The Bertz CT molecular complexity index is 440. The number of nitrogens with zero attached hydrogens (tertiary/aromatic N) is 1. The normalized spacial score (nSPS) is 10.9. The zero-order chi connectivity index (χ0) is 12.0. The van der Waals surface area contributed by atoms with Gasteiger partial charge in [0.1, 0.15) is 11.6 Å². The summed E-state index contributed by atoms with van der Waals surface area (Å²) in [5, 5.41) is 17.2. The minimum absolute atomic E-state index is 0.278. The van der Waals surface area contributed by atoms with Crippen LogP contribution < -0.4 is 0 Å². The number of carboxylic acids is 1. The molecule has 0 unspecified atom stereocenters. The van der Waals surface area contributed by atoms with E-state index in [4.69, 9.17) is 15.1 Å². The largest absolute Gasteiger partial charge is 0.477 e. The third-order valence-corrected chi connectivity index (χ3v) is 1.95. The van der Waals surface area contributed by atoms with Gasteiger partial charge in [-0.3, -0.25) is 0 Å². The summed E-state index contributed by atoms with van der Waals surface area (Å²) in [7, 11) is 1.60. The zero-order valence-electron chi connectivity index (χ0n) is 8.80. The van der Waals surface area contributed by atoms with Crippen molar-refractivity contribution in [3.05, 3.63) is 41.0 Å². The van der Waals surface area contributed by atoms with Gasteiger partial charge < -0.3 is 9.84 Å². The molecule has 82 valence electrons. The second kappa shape index (κ2) is 5.69. The van der Waals surface area contributed by atoms with E-state index in [0.717, 1.165) is 5.56 Å². The number of nitriles is 1. The van der Waals surface area contributed by atoms with Crippen molar-refractivity contribution in [2.45, 2.75) is 6.61 Å². The lowest BCUT2D eigenvalue weighted by Gasteiger charge is -1.99. The molecule has 4 heteroatoms. The lowest BCUT2D eigenvalue weighted by atomic mass is 10.1. The van der Waals surface area contributed by atoms with Crippen LogP contribution in [0.3, 0.4) is 0 Å². The van der Waals surface area contributed by atoms with E-state index in [2.05, 4.69) is 0 Å². The van der Waals surface area contributed by atoms with E-state index in [-0.39, 0.29) is 5.57 Å². The van der Waals surface area contributed by atoms with Crippen molar-refractivity contribution in [2.75, 3.05) is 7.11 Å². The second-order valence-corrected chi connectivity index (χ2v) is 3.15. The topological polar surface area (TPSA) is 70.3 Å². The fourth-order valence-electron chi connectivity index (χ4n) is 1.19. The van der Waals surface area contributed by atoms with Gasteiger partial charge in [-0.05, 0) is 17.2 Å². The first-order valence-corrected chi connectivity index (χ1v) is 4.60. The molecule has 0 aliphatic carbocycles. The number of carbonyl (C=O) groups is 1. The Morgan fingerprint density at radius 1 is 1.50 bits per heavy atom. The quantitative estimate of drug-likeness (QED) is 0.617. The van der Waals surface area contributed by atoms with Crippen LogP contribution >= 0.6 is 0 Å². The van der Waals surface area contributed by atoms with Gasteiger partial charge >= 0.3 is 5.97 Å². The number of hydrogen-bond donors (Lipinski definition) is 1. The predicted octanol–water partition coefficient (Wildman–Crippen LogP) is 1.82. The summed E-state index contributed by atoms with van der Waals surface area (Å²) in [6, 6.07) is 8.77. The van der Waals surface area contributed by atoms with Crippen molar-refractivity contribution in [3.8, 4) is 6.07 Å². The van der Waals surface area contributed by atoms with Crippen LogP contribution in [0.15, 0.2) is 29.8 Å². The minimum Gasteiger partial charge on any atom is -0.477 e. The summed E-state index contributed by atoms with van der Waals surface area (Å²) in [5.74, 6) is -1.22. The fraction of sp³-hybridized carbons (Fsp3) is 0.167. The molecule has 0 fully saturated rings. The predicted molar refractivity (Wildman–Crippen MR) is 58.4 cm³/mol. The van der Waals surface area contributed by atoms with Gasteiger partial charge in [0.05, 0.1) is 6.61 Å². The standard InChI is InChI=1S/C12H11NO3/c1-16-8-10-4-2-9(3-5-10)6-11(7-13)12(14)15/h2-6H,8H2,1H3,(H,14,15)/b11-6-. The van der Waals surface area contributed by atoms with E-state index in [1.807, 2.05) is 12.1 Å². The van der Waals surface area contributed by atoms with Crippen molar-refractivity contribution in [1.29, 1.82) is 5.26 Å². The minimum atomic E-state index is -1.22. The van der Waals surface area contributed by atoms with Crippen LogP contribution in [0, 0.1) is 11.3 Å². The molecule has 0 heterocycles. The van der Waals surface area contributed by atoms with Crippen LogP contribution in [0.2, 0.25) is 0 Å². The zero-order valence-corrected chi connectivity index (χ0v) is 8.80. The van der Waals surface area contributed by atoms with Crippen LogP contribution in [0.4, 0.5) is 0 Å². The number of aliphatic carboxylic acids is 1. The van der Waals surface area contributed by atoms with Crippen LogP contribution in [0.1, 0.15) is 11.1 Å². The van der Waals surface area contributed by atoms with Crippen LogP contribution in [-0.4, -0.2) is 18.2 Å². The second-order valence-electron chi connectivity index (χ2n) is 3.15. The molecule has 4 nitrogen and oxygen atoms in total. The van der Waals surface area contributed by atoms with E-state index >= 15 is 0 Å². The average Bonchev–Trinajstić information content (AvgIpc) is 2.28. The molecule has 0 aromatic heterocycles. The Balaban J connectivity index is 2.90. The maximum atomic E-state index is 10.6. The van der Waals surface area contributed by atoms with Gasteiger partial charge in [-0.2, -0.15) is 5.26 Å². The number of ether oxygens (including phenoxy) is 1. The molecule has 0 aliphatic rings. The lowest BCUT2D eigenvalue weighted by Crippen LogP contribution is -1.97. The lowest BCUT2D eigenvalue weighted by molar-refractivity contribution is -0.132.